The Kier molecular flexibility index (Phi) is 2.92. The molecule has 0 amide bonds. The standard InChI is InChI=1S/C7H9IN2O/c1-9-7-6(11-2)5(8)3-4-10-7/h3-4H,1-2H3,(H,9,10). The van der Waals surface area contributed by atoms with E-state index in [4.69, 9.17) is 4.74 Å². The fourth-order valence-corrected chi connectivity index (χ4v) is 1.43. The summed E-state index contributed by atoms with van der Waals surface area (Å²) < 4.78 is 6.19. The van der Waals surface area contributed by atoms with Crippen molar-refractivity contribution >= 4 is 28.4 Å². The number of pyridine rings is 1. The number of hydrogen-bond donors (Lipinski definition) is 1. The van der Waals surface area contributed by atoms with Crippen molar-refractivity contribution in [2.75, 3.05) is 19.5 Å². The van der Waals surface area contributed by atoms with Crippen molar-refractivity contribution in [3.63, 3.8) is 0 Å². The fraction of sp³-hybridized carbons (Fsp3) is 0.286. The lowest BCUT2D eigenvalue weighted by atomic mass is 10.4. The monoisotopic (exact) mass is 264 g/mol. The smallest absolute Gasteiger partial charge is 0.174 e. The highest BCUT2D eigenvalue weighted by Gasteiger charge is 2.04. The summed E-state index contributed by atoms with van der Waals surface area (Å²) in [5.41, 5.74) is 0. The summed E-state index contributed by atoms with van der Waals surface area (Å²) >= 11 is 2.20. The van der Waals surface area contributed by atoms with E-state index in [-0.39, 0.29) is 0 Å². The third-order valence-electron chi connectivity index (χ3n) is 1.30. The van der Waals surface area contributed by atoms with Gasteiger partial charge in [0.05, 0.1) is 10.7 Å². The topological polar surface area (TPSA) is 34.2 Å². The van der Waals surface area contributed by atoms with Gasteiger partial charge in [0, 0.05) is 13.2 Å². The highest BCUT2D eigenvalue weighted by Crippen LogP contribution is 2.26. The molecule has 1 aromatic heterocycles. The van der Waals surface area contributed by atoms with Crippen molar-refractivity contribution in [2.24, 2.45) is 0 Å². The molecule has 11 heavy (non-hydrogen) atoms. The van der Waals surface area contributed by atoms with Gasteiger partial charge in [-0.3, -0.25) is 0 Å². The maximum absolute atomic E-state index is 5.13. The first kappa shape index (κ1) is 8.58. The van der Waals surface area contributed by atoms with Gasteiger partial charge in [0.15, 0.2) is 11.6 Å². The van der Waals surface area contributed by atoms with Crippen molar-refractivity contribution in [2.45, 2.75) is 0 Å². The number of aromatic nitrogens is 1. The summed E-state index contributed by atoms with van der Waals surface area (Å²) in [7, 11) is 3.46. The fourth-order valence-electron chi connectivity index (χ4n) is 0.797. The summed E-state index contributed by atoms with van der Waals surface area (Å²) in [6, 6.07) is 1.90. The molecule has 1 rings (SSSR count). The number of ether oxygens (including phenoxy) is 1. The van der Waals surface area contributed by atoms with E-state index < -0.39 is 0 Å². The molecule has 0 aromatic carbocycles. The molecule has 1 N–H and O–H groups in total. The highest BCUT2D eigenvalue weighted by atomic mass is 127. The zero-order valence-electron chi connectivity index (χ0n) is 6.39. The SMILES string of the molecule is CNc1nccc(I)c1OC. The number of nitrogens with one attached hydrogen (secondary N) is 1. The highest BCUT2D eigenvalue weighted by molar-refractivity contribution is 14.1. The van der Waals surface area contributed by atoms with Gasteiger partial charge in [-0.1, -0.05) is 0 Å². The minimum absolute atomic E-state index is 0.777. The Morgan fingerprint density at radius 1 is 1.64 bits per heavy atom. The third kappa shape index (κ3) is 1.74. The van der Waals surface area contributed by atoms with Crippen LogP contribution in [0, 0.1) is 3.57 Å². The van der Waals surface area contributed by atoms with E-state index in [1.165, 1.54) is 0 Å². The summed E-state index contributed by atoms with van der Waals surface area (Å²) in [4.78, 5) is 4.09. The van der Waals surface area contributed by atoms with Gasteiger partial charge in [-0.15, -0.1) is 0 Å². The number of hydrogen-bond acceptors (Lipinski definition) is 3. The van der Waals surface area contributed by atoms with Gasteiger partial charge in [-0.25, -0.2) is 4.98 Å². The second kappa shape index (κ2) is 3.75. The lowest BCUT2D eigenvalue weighted by Gasteiger charge is -2.07. The Balaban J connectivity index is 3.13. The van der Waals surface area contributed by atoms with Crippen LogP contribution in [0.15, 0.2) is 12.3 Å². The van der Waals surface area contributed by atoms with Crippen LogP contribution in [-0.2, 0) is 0 Å². The number of nitrogens with zero attached hydrogens (tertiary/aromatic N) is 1. The van der Waals surface area contributed by atoms with Gasteiger partial charge in [0.2, 0.25) is 0 Å². The van der Waals surface area contributed by atoms with Crippen LogP contribution < -0.4 is 10.1 Å². The van der Waals surface area contributed by atoms with E-state index >= 15 is 0 Å². The minimum atomic E-state index is 0.777. The molecule has 60 valence electrons. The maximum Gasteiger partial charge on any atom is 0.174 e. The predicted octanol–water partition coefficient (Wildman–Crippen LogP) is 1.74. The molecule has 4 heteroatoms. The van der Waals surface area contributed by atoms with Crippen LogP contribution >= 0.6 is 22.6 Å². The van der Waals surface area contributed by atoms with Gasteiger partial charge in [0.25, 0.3) is 0 Å². The molecule has 0 spiro atoms. The molecule has 0 aliphatic rings. The summed E-state index contributed by atoms with van der Waals surface area (Å²) in [5, 5.41) is 2.95. The number of rotatable bonds is 2. The summed E-state index contributed by atoms with van der Waals surface area (Å²) in [6.45, 7) is 0. The Morgan fingerprint density at radius 2 is 2.36 bits per heavy atom. The second-order valence-corrected chi connectivity index (χ2v) is 3.09. The van der Waals surface area contributed by atoms with Crippen molar-refractivity contribution < 1.29 is 4.74 Å². The molecular formula is C7H9IN2O. The Labute approximate surface area is 79.3 Å². The van der Waals surface area contributed by atoms with E-state index in [9.17, 15) is 0 Å². The van der Waals surface area contributed by atoms with Gasteiger partial charge >= 0.3 is 0 Å². The Bertz CT molecular complexity index is 252. The summed E-state index contributed by atoms with van der Waals surface area (Å²) in [5.74, 6) is 1.58. The van der Waals surface area contributed by atoms with Crippen LogP contribution in [0.2, 0.25) is 0 Å². The quantitative estimate of drug-likeness (QED) is 0.826. The third-order valence-corrected chi connectivity index (χ3v) is 2.15. The molecule has 0 aliphatic carbocycles. The van der Waals surface area contributed by atoms with Crippen molar-refractivity contribution in [3.8, 4) is 5.75 Å². The van der Waals surface area contributed by atoms with E-state index in [1.54, 1.807) is 13.3 Å². The maximum atomic E-state index is 5.13. The van der Waals surface area contributed by atoms with E-state index in [1.807, 2.05) is 13.1 Å². The average molecular weight is 264 g/mol. The lowest BCUT2D eigenvalue weighted by Crippen LogP contribution is -1.97. The molecule has 1 heterocycles. The minimum Gasteiger partial charge on any atom is -0.492 e. The molecule has 1 aromatic rings. The normalized spacial score (nSPS) is 9.36. The second-order valence-electron chi connectivity index (χ2n) is 1.92. The van der Waals surface area contributed by atoms with Gasteiger partial charge in [-0.2, -0.15) is 0 Å². The van der Waals surface area contributed by atoms with Crippen LogP contribution in [0.5, 0.6) is 5.75 Å². The van der Waals surface area contributed by atoms with Crippen LogP contribution in [0.1, 0.15) is 0 Å². The van der Waals surface area contributed by atoms with Crippen LogP contribution in [-0.4, -0.2) is 19.1 Å². The number of methoxy groups -OCH3 is 1. The molecule has 0 saturated heterocycles. The molecule has 0 radical (unpaired) electrons. The van der Waals surface area contributed by atoms with Crippen molar-refractivity contribution in [1.29, 1.82) is 0 Å². The van der Waals surface area contributed by atoms with Crippen LogP contribution in [0.25, 0.3) is 0 Å². The van der Waals surface area contributed by atoms with Gasteiger partial charge in [-0.05, 0) is 28.7 Å². The van der Waals surface area contributed by atoms with Gasteiger partial charge < -0.3 is 10.1 Å². The van der Waals surface area contributed by atoms with Gasteiger partial charge in [0.1, 0.15) is 0 Å². The molecule has 0 bridgehead atoms. The molecule has 3 nitrogen and oxygen atoms in total. The van der Waals surface area contributed by atoms with E-state index in [0.717, 1.165) is 15.1 Å². The molecule has 0 unspecified atom stereocenters. The number of anilines is 1. The summed E-state index contributed by atoms with van der Waals surface area (Å²) in [6.07, 6.45) is 1.75. The van der Waals surface area contributed by atoms with Crippen LogP contribution in [0.4, 0.5) is 5.82 Å². The zero-order chi connectivity index (χ0) is 8.27. The molecule has 0 fully saturated rings. The average Bonchev–Trinajstić information content (AvgIpc) is 2.04. The number of halogens is 1. The first-order chi connectivity index (χ1) is 5.29. The van der Waals surface area contributed by atoms with Crippen molar-refractivity contribution in [3.05, 3.63) is 15.8 Å². The van der Waals surface area contributed by atoms with Crippen LogP contribution in [0.3, 0.4) is 0 Å². The molecule has 0 atom stereocenters. The van der Waals surface area contributed by atoms with E-state index in [2.05, 4.69) is 32.9 Å². The Morgan fingerprint density at radius 3 is 2.82 bits per heavy atom. The first-order valence-corrected chi connectivity index (χ1v) is 4.23. The Hall–Kier alpha value is -0.520. The van der Waals surface area contributed by atoms with E-state index in [0.29, 0.717) is 0 Å². The molecule has 0 aliphatic heterocycles. The first-order valence-electron chi connectivity index (χ1n) is 3.16. The van der Waals surface area contributed by atoms with Crippen molar-refractivity contribution in [1.82, 2.24) is 4.98 Å². The zero-order valence-corrected chi connectivity index (χ0v) is 8.55. The predicted molar refractivity (Wildman–Crippen MR) is 53.1 cm³/mol. The largest absolute Gasteiger partial charge is 0.492 e. The lowest BCUT2D eigenvalue weighted by molar-refractivity contribution is 0.412. The molecule has 0 saturated carbocycles. The molecular weight excluding hydrogens is 255 g/mol.